The summed E-state index contributed by atoms with van der Waals surface area (Å²) in [5.74, 6) is 0.257. The molecule has 0 aromatic rings. The molecule has 0 fully saturated rings. The Hall–Kier alpha value is 0.0500. The molecule has 0 aromatic heterocycles. The topological polar surface area (TPSA) is 29.1 Å². The van der Waals surface area contributed by atoms with Gasteiger partial charge in [0, 0.05) is 12.4 Å². The van der Waals surface area contributed by atoms with Gasteiger partial charge in [-0.2, -0.15) is 0 Å². The van der Waals surface area contributed by atoms with E-state index in [1.807, 2.05) is 0 Å². The summed E-state index contributed by atoms with van der Waals surface area (Å²) >= 11 is 10.7. The summed E-state index contributed by atoms with van der Waals surface area (Å²) in [7, 11) is 0. The highest BCUT2D eigenvalue weighted by atomic mass is 35.5. The first kappa shape index (κ1) is 9.05. The van der Waals surface area contributed by atoms with Crippen LogP contribution in [-0.4, -0.2) is 23.7 Å². The minimum atomic E-state index is -0.465. The number of amides is 1. The monoisotopic (exact) mass is 169 g/mol. The lowest BCUT2D eigenvalue weighted by atomic mass is 10.4. The molecule has 4 heteroatoms. The summed E-state index contributed by atoms with van der Waals surface area (Å²) in [6.07, 6.45) is 0. The highest BCUT2D eigenvalue weighted by molar-refractivity contribution is 6.30. The van der Waals surface area contributed by atoms with Crippen LogP contribution in [0.25, 0.3) is 0 Å². The van der Waals surface area contributed by atoms with Gasteiger partial charge < -0.3 is 5.32 Å². The Morgan fingerprint density at radius 2 is 2.33 bits per heavy atom. The fourth-order valence-corrected chi connectivity index (χ4v) is 0.483. The lowest BCUT2D eigenvalue weighted by Crippen LogP contribution is -2.30. The maximum absolute atomic E-state index is 10.6. The first-order chi connectivity index (χ1) is 4.18. The van der Waals surface area contributed by atoms with E-state index in [1.54, 1.807) is 6.92 Å². The van der Waals surface area contributed by atoms with Gasteiger partial charge in [-0.1, -0.05) is 0 Å². The maximum atomic E-state index is 10.6. The van der Waals surface area contributed by atoms with Gasteiger partial charge in [-0.05, 0) is 6.92 Å². The van der Waals surface area contributed by atoms with Crippen LogP contribution in [0.5, 0.6) is 0 Å². The van der Waals surface area contributed by atoms with Crippen LogP contribution in [0.1, 0.15) is 6.92 Å². The normalized spacial score (nSPS) is 12.8. The van der Waals surface area contributed by atoms with Crippen LogP contribution in [0, 0.1) is 0 Å². The van der Waals surface area contributed by atoms with Gasteiger partial charge in [-0.15, -0.1) is 23.2 Å². The zero-order valence-electron chi connectivity index (χ0n) is 5.16. The largest absolute Gasteiger partial charge is 0.354 e. The average molecular weight is 170 g/mol. The van der Waals surface area contributed by atoms with Crippen LogP contribution < -0.4 is 5.32 Å². The van der Waals surface area contributed by atoms with E-state index in [-0.39, 0.29) is 5.91 Å². The fourth-order valence-electron chi connectivity index (χ4n) is 0.311. The average Bonchev–Trinajstić information content (AvgIpc) is 1.82. The zero-order chi connectivity index (χ0) is 7.28. The number of hydrogen-bond acceptors (Lipinski definition) is 1. The number of alkyl halides is 2. The maximum Gasteiger partial charge on any atom is 0.237 e. The second-order valence-corrected chi connectivity index (χ2v) is 2.63. The molecule has 1 amide bonds. The zero-order valence-corrected chi connectivity index (χ0v) is 6.67. The standard InChI is InChI=1S/C5H9Cl2NO/c1-4(7)5(9)8-3-2-6/h4H,2-3H2,1H3,(H,8,9). The second-order valence-electron chi connectivity index (χ2n) is 1.60. The van der Waals surface area contributed by atoms with Crippen LogP contribution in [0.3, 0.4) is 0 Å². The first-order valence-electron chi connectivity index (χ1n) is 2.66. The Bertz CT molecular complexity index is 95.0. The summed E-state index contributed by atoms with van der Waals surface area (Å²) in [5, 5.41) is 2.06. The van der Waals surface area contributed by atoms with Crippen LogP contribution in [0.4, 0.5) is 0 Å². The van der Waals surface area contributed by atoms with Gasteiger partial charge in [0.05, 0.1) is 0 Å². The van der Waals surface area contributed by atoms with E-state index < -0.39 is 5.38 Å². The molecule has 1 N–H and O–H groups in total. The summed E-state index contributed by atoms with van der Waals surface area (Å²) < 4.78 is 0. The van der Waals surface area contributed by atoms with Crippen molar-refractivity contribution < 1.29 is 4.79 Å². The Morgan fingerprint density at radius 3 is 2.67 bits per heavy atom. The molecular weight excluding hydrogens is 161 g/mol. The summed E-state index contributed by atoms with van der Waals surface area (Å²) in [6.45, 7) is 2.10. The Kier molecular flexibility index (Phi) is 4.91. The van der Waals surface area contributed by atoms with Crippen molar-refractivity contribution in [3.05, 3.63) is 0 Å². The minimum absolute atomic E-state index is 0.169. The molecule has 0 aromatic carbocycles. The number of hydrogen-bond donors (Lipinski definition) is 1. The van der Waals surface area contributed by atoms with Crippen molar-refractivity contribution in [3.63, 3.8) is 0 Å². The number of rotatable bonds is 3. The number of carbonyl (C=O) groups excluding carboxylic acids is 1. The molecule has 0 saturated heterocycles. The van der Waals surface area contributed by atoms with Gasteiger partial charge >= 0.3 is 0 Å². The van der Waals surface area contributed by atoms with Gasteiger partial charge in [0.1, 0.15) is 5.38 Å². The molecule has 0 spiro atoms. The van der Waals surface area contributed by atoms with Crippen LogP contribution in [0.2, 0.25) is 0 Å². The van der Waals surface area contributed by atoms with E-state index in [9.17, 15) is 4.79 Å². The van der Waals surface area contributed by atoms with Gasteiger partial charge in [-0.25, -0.2) is 0 Å². The Labute approximate surface area is 64.5 Å². The Morgan fingerprint density at radius 1 is 1.78 bits per heavy atom. The van der Waals surface area contributed by atoms with Crippen molar-refractivity contribution in [3.8, 4) is 0 Å². The third kappa shape index (κ3) is 4.55. The van der Waals surface area contributed by atoms with Crippen molar-refractivity contribution in [2.75, 3.05) is 12.4 Å². The van der Waals surface area contributed by atoms with Crippen LogP contribution in [0.15, 0.2) is 0 Å². The molecule has 0 aliphatic heterocycles. The minimum Gasteiger partial charge on any atom is -0.354 e. The molecule has 9 heavy (non-hydrogen) atoms. The van der Waals surface area contributed by atoms with Crippen molar-refractivity contribution in [2.24, 2.45) is 0 Å². The van der Waals surface area contributed by atoms with E-state index >= 15 is 0 Å². The molecule has 0 aliphatic carbocycles. The summed E-state index contributed by atoms with van der Waals surface area (Å²) in [5.41, 5.74) is 0. The van der Waals surface area contributed by atoms with Gasteiger partial charge in [0.2, 0.25) is 5.91 Å². The van der Waals surface area contributed by atoms with Gasteiger partial charge in [0.15, 0.2) is 0 Å². The second kappa shape index (κ2) is 4.89. The fraction of sp³-hybridized carbons (Fsp3) is 0.800. The molecule has 0 aliphatic rings. The predicted molar refractivity (Wildman–Crippen MR) is 39.0 cm³/mol. The van der Waals surface area contributed by atoms with Crippen molar-refractivity contribution >= 4 is 29.1 Å². The smallest absolute Gasteiger partial charge is 0.237 e. The molecule has 0 saturated carbocycles. The summed E-state index contributed by atoms with van der Waals surface area (Å²) in [4.78, 5) is 10.6. The van der Waals surface area contributed by atoms with Crippen LogP contribution in [-0.2, 0) is 4.79 Å². The van der Waals surface area contributed by atoms with Crippen LogP contribution >= 0.6 is 23.2 Å². The lowest BCUT2D eigenvalue weighted by Gasteiger charge is -2.02. The number of nitrogens with one attached hydrogen (secondary N) is 1. The highest BCUT2D eigenvalue weighted by Gasteiger charge is 2.05. The third-order valence-corrected chi connectivity index (χ3v) is 1.14. The van der Waals surface area contributed by atoms with Gasteiger partial charge in [0.25, 0.3) is 0 Å². The van der Waals surface area contributed by atoms with Crippen molar-refractivity contribution in [1.82, 2.24) is 5.32 Å². The molecule has 1 unspecified atom stereocenters. The van der Waals surface area contributed by atoms with Crippen molar-refractivity contribution in [1.29, 1.82) is 0 Å². The number of halogens is 2. The van der Waals surface area contributed by atoms with E-state index in [0.29, 0.717) is 12.4 Å². The van der Waals surface area contributed by atoms with E-state index in [4.69, 9.17) is 23.2 Å². The molecule has 2 nitrogen and oxygen atoms in total. The van der Waals surface area contributed by atoms with Crippen molar-refractivity contribution in [2.45, 2.75) is 12.3 Å². The molecule has 0 radical (unpaired) electrons. The van der Waals surface area contributed by atoms with E-state index in [0.717, 1.165) is 0 Å². The lowest BCUT2D eigenvalue weighted by molar-refractivity contribution is -0.120. The first-order valence-corrected chi connectivity index (χ1v) is 3.63. The van der Waals surface area contributed by atoms with E-state index in [2.05, 4.69) is 5.32 Å². The Balaban J connectivity index is 3.28. The molecule has 0 heterocycles. The predicted octanol–water partition coefficient (Wildman–Crippen LogP) is 0.969. The van der Waals surface area contributed by atoms with Gasteiger partial charge in [-0.3, -0.25) is 4.79 Å². The molecule has 0 bridgehead atoms. The molecule has 54 valence electrons. The molecular formula is C5H9Cl2NO. The highest BCUT2D eigenvalue weighted by Crippen LogP contribution is 1.91. The van der Waals surface area contributed by atoms with E-state index in [1.165, 1.54) is 0 Å². The third-order valence-electron chi connectivity index (χ3n) is 0.755. The molecule has 0 rings (SSSR count). The quantitative estimate of drug-likeness (QED) is 0.628. The molecule has 1 atom stereocenters. The SMILES string of the molecule is CC(Cl)C(=O)NCCCl. The number of carbonyl (C=O) groups is 1. The summed E-state index contributed by atoms with van der Waals surface area (Å²) in [6, 6.07) is 0.